The Morgan fingerprint density at radius 1 is 1.33 bits per heavy atom. The summed E-state index contributed by atoms with van der Waals surface area (Å²) < 4.78 is 1.99. The predicted molar refractivity (Wildman–Crippen MR) is 90.8 cm³/mol. The number of carboxylic acid groups (broad SMARTS) is 1. The Labute approximate surface area is 141 Å². The van der Waals surface area contributed by atoms with Crippen LogP contribution in [-0.2, 0) is 23.8 Å². The SMILES string of the molecule is Cn1nc(CN2CCC(C(=O)O)(c3ccccc3)C2)cc1C1CC1. The van der Waals surface area contributed by atoms with Crippen molar-refractivity contribution in [3.8, 4) is 0 Å². The zero-order valence-electron chi connectivity index (χ0n) is 14.0. The lowest BCUT2D eigenvalue weighted by molar-refractivity contribution is -0.143. The molecule has 1 aliphatic heterocycles. The van der Waals surface area contributed by atoms with Crippen LogP contribution in [0.25, 0.3) is 0 Å². The second-order valence-electron chi connectivity index (χ2n) is 7.17. The molecule has 1 aromatic heterocycles. The van der Waals surface area contributed by atoms with Crippen molar-refractivity contribution in [1.29, 1.82) is 0 Å². The molecule has 5 nitrogen and oxygen atoms in total. The average molecular weight is 325 g/mol. The number of carboxylic acids is 1. The van der Waals surface area contributed by atoms with Crippen molar-refractivity contribution in [2.75, 3.05) is 13.1 Å². The molecule has 2 aromatic rings. The summed E-state index contributed by atoms with van der Waals surface area (Å²) in [7, 11) is 2.01. The number of hydrogen-bond donors (Lipinski definition) is 1. The summed E-state index contributed by atoms with van der Waals surface area (Å²) >= 11 is 0. The molecule has 126 valence electrons. The van der Waals surface area contributed by atoms with Crippen molar-refractivity contribution < 1.29 is 9.90 Å². The number of rotatable bonds is 5. The van der Waals surface area contributed by atoms with E-state index in [2.05, 4.69) is 16.1 Å². The van der Waals surface area contributed by atoms with Gasteiger partial charge in [-0.1, -0.05) is 30.3 Å². The highest BCUT2D eigenvalue weighted by molar-refractivity contribution is 5.82. The van der Waals surface area contributed by atoms with Crippen LogP contribution in [0.5, 0.6) is 0 Å². The fourth-order valence-electron chi connectivity index (χ4n) is 3.93. The van der Waals surface area contributed by atoms with Gasteiger partial charge in [0, 0.05) is 38.3 Å². The maximum Gasteiger partial charge on any atom is 0.315 e. The molecule has 0 amide bonds. The van der Waals surface area contributed by atoms with Gasteiger partial charge in [0.1, 0.15) is 5.41 Å². The van der Waals surface area contributed by atoms with Crippen molar-refractivity contribution in [3.63, 3.8) is 0 Å². The fraction of sp³-hybridized carbons (Fsp3) is 0.474. The van der Waals surface area contributed by atoms with E-state index in [0.717, 1.165) is 24.3 Å². The molecule has 0 bridgehead atoms. The molecule has 1 aromatic carbocycles. The molecule has 1 unspecified atom stereocenters. The Kier molecular flexibility index (Phi) is 3.68. The summed E-state index contributed by atoms with van der Waals surface area (Å²) in [6.07, 6.45) is 3.17. The minimum absolute atomic E-state index is 0.543. The number of likely N-dealkylation sites (tertiary alicyclic amines) is 1. The van der Waals surface area contributed by atoms with E-state index in [9.17, 15) is 9.90 Å². The van der Waals surface area contributed by atoms with Crippen LogP contribution in [0.4, 0.5) is 0 Å². The summed E-state index contributed by atoms with van der Waals surface area (Å²) in [6.45, 7) is 2.06. The molecule has 1 saturated heterocycles. The van der Waals surface area contributed by atoms with Crippen molar-refractivity contribution in [2.24, 2.45) is 7.05 Å². The van der Waals surface area contributed by atoms with Crippen molar-refractivity contribution in [2.45, 2.75) is 37.1 Å². The first kappa shape index (κ1) is 15.4. The minimum atomic E-state index is -0.796. The van der Waals surface area contributed by atoms with E-state index in [0.29, 0.717) is 18.9 Å². The number of hydrogen-bond acceptors (Lipinski definition) is 3. The van der Waals surface area contributed by atoms with E-state index in [1.54, 1.807) is 0 Å². The van der Waals surface area contributed by atoms with Gasteiger partial charge in [-0.3, -0.25) is 14.4 Å². The third-order valence-electron chi connectivity index (χ3n) is 5.43. The first-order valence-electron chi connectivity index (χ1n) is 8.62. The Balaban J connectivity index is 1.52. The topological polar surface area (TPSA) is 58.4 Å². The Hall–Kier alpha value is -2.14. The van der Waals surface area contributed by atoms with Gasteiger partial charge in [0.2, 0.25) is 0 Å². The quantitative estimate of drug-likeness (QED) is 0.918. The highest BCUT2D eigenvalue weighted by atomic mass is 16.4. The van der Waals surface area contributed by atoms with Crippen LogP contribution in [0.3, 0.4) is 0 Å². The van der Waals surface area contributed by atoms with Crippen LogP contribution in [0.15, 0.2) is 36.4 Å². The summed E-state index contributed by atoms with van der Waals surface area (Å²) in [5, 5.41) is 14.5. The lowest BCUT2D eigenvalue weighted by Crippen LogP contribution is -2.38. The average Bonchev–Trinajstić information content (AvgIpc) is 3.22. The molecule has 1 aliphatic carbocycles. The fourth-order valence-corrected chi connectivity index (χ4v) is 3.93. The molecule has 5 heteroatoms. The van der Waals surface area contributed by atoms with E-state index in [1.807, 2.05) is 42.1 Å². The lowest BCUT2D eigenvalue weighted by atomic mass is 9.80. The maximum atomic E-state index is 12.0. The van der Waals surface area contributed by atoms with E-state index in [1.165, 1.54) is 18.5 Å². The molecule has 1 N–H and O–H groups in total. The van der Waals surface area contributed by atoms with Crippen LogP contribution >= 0.6 is 0 Å². The monoisotopic (exact) mass is 325 g/mol. The van der Waals surface area contributed by atoms with Crippen molar-refractivity contribution >= 4 is 5.97 Å². The third-order valence-corrected chi connectivity index (χ3v) is 5.43. The number of benzene rings is 1. The molecule has 1 saturated carbocycles. The smallest absolute Gasteiger partial charge is 0.315 e. The van der Waals surface area contributed by atoms with E-state index in [4.69, 9.17) is 0 Å². The van der Waals surface area contributed by atoms with Crippen LogP contribution in [0, 0.1) is 0 Å². The second-order valence-corrected chi connectivity index (χ2v) is 7.17. The lowest BCUT2D eigenvalue weighted by Gasteiger charge is -2.25. The van der Waals surface area contributed by atoms with Crippen molar-refractivity contribution in [3.05, 3.63) is 53.3 Å². The van der Waals surface area contributed by atoms with Crippen LogP contribution in [-0.4, -0.2) is 38.8 Å². The van der Waals surface area contributed by atoms with Gasteiger partial charge >= 0.3 is 5.97 Å². The van der Waals surface area contributed by atoms with E-state index >= 15 is 0 Å². The van der Waals surface area contributed by atoms with Gasteiger partial charge in [-0.25, -0.2) is 0 Å². The summed E-state index contributed by atoms with van der Waals surface area (Å²) in [6, 6.07) is 11.8. The largest absolute Gasteiger partial charge is 0.481 e. The van der Waals surface area contributed by atoms with E-state index in [-0.39, 0.29) is 0 Å². The van der Waals surface area contributed by atoms with Crippen LogP contribution in [0.1, 0.15) is 42.1 Å². The van der Waals surface area contributed by atoms with Gasteiger partial charge in [0.15, 0.2) is 0 Å². The highest BCUT2D eigenvalue weighted by Crippen LogP contribution is 2.40. The molecule has 0 radical (unpaired) electrons. The van der Waals surface area contributed by atoms with E-state index < -0.39 is 11.4 Å². The molecule has 1 atom stereocenters. The zero-order chi connectivity index (χ0) is 16.7. The van der Waals surface area contributed by atoms with Gasteiger partial charge in [0.25, 0.3) is 0 Å². The number of nitrogens with zero attached hydrogens (tertiary/aromatic N) is 3. The third kappa shape index (κ3) is 2.63. The number of aliphatic carboxylic acids is 1. The predicted octanol–water partition coefficient (Wildman–Crippen LogP) is 2.53. The summed E-state index contributed by atoms with van der Waals surface area (Å²) in [5.74, 6) is -0.0480. The molecular weight excluding hydrogens is 302 g/mol. The standard InChI is InChI=1S/C19H23N3O2/c1-21-17(14-7-8-14)11-16(20-21)12-22-10-9-19(13-22,18(23)24)15-5-3-2-4-6-15/h2-6,11,14H,7-10,12-13H2,1H3,(H,23,24). The molecule has 2 heterocycles. The second kappa shape index (κ2) is 5.74. The molecule has 4 rings (SSSR count). The molecule has 24 heavy (non-hydrogen) atoms. The summed E-state index contributed by atoms with van der Waals surface area (Å²) in [4.78, 5) is 14.3. The Morgan fingerprint density at radius 3 is 2.75 bits per heavy atom. The first-order valence-corrected chi connectivity index (χ1v) is 8.62. The first-order chi connectivity index (χ1) is 11.6. The highest BCUT2D eigenvalue weighted by Gasteiger charge is 2.46. The molecule has 2 aliphatic rings. The molecular formula is C19H23N3O2. The van der Waals surface area contributed by atoms with Gasteiger partial charge in [-0.15, -0.1) is 0 Å². The normalized spacial score (nSPS) is 24.4. The van der Waals surface area contributed by atoms with Gasteiger partial charge < -0.3 is 5.11 Å². The van der Waals surface area contributed by atoms with Gasteiger partial charge in [-0.05, 0) is 30.9 Å². The van der Waals surface area contributed by atoms with Gasteiger partial charge in [-0.2, -0.15) is 5.10 Å². The maximum absolute atomic E-state index is 12.0. The van der Waals surface area contributed by atoms with Gasteiger partial charge in [0.05, 0.1) is 5.69 Å². The van der Waals surface area contributed by atoms with Crippen LogP contribution in [0.2, 0.25) is 0 Å². The van der Waals surface area contributed by atoms with Crippen molar-refractivity contribution in [1.82, 2.24) is 14.7 Å². The number of aryl methyl sites for hydroxylation is 1. The number of carbonyl (C=O) groups is 1. The Morgan fingerprint density at radius 2 is 2.08 bits per heavy atom. The molecule has 2 fully saturated rings. The minimum Gasteiger partial charge on any atom is -0.481 e. The number of aromatic nitrogens is 2. The summed E-state index contributed by atoms with van der Waals surface area (Å²) in [5.41, 5.74) is 2.47. The Bertz CT molecular complexity index is 751. The molecule has 0 spiro atoms. The zero-order valence-corrected chi connectivity index (χ0v) is 14.0. The van der Waals surface area contributed by atoms with Crippen LogP contribution < -0.4 is 0 Å².